The normalized spacial score (nSPS) is 10.9. The molecule has 124 valence electrons. The lowest BCUT2D eigenvalue weighted by Crippen LogP contribution is -2.29. The Morgan fingerprint density at radius 1 is 1.29 bits per heavy atom. The van der Waals surface area contributed by atoms with Crippen LogP contribution in [0.5, 0.6) is 0 Å². The number of rotatable bonds is 5. The van der Waals surface area contributed by atoms with E-state index in [0.29, 0.717) is 18.5 Å². The van der Waals surface area contributed by atoms with Gasteiger partial charge in [-0.3, -0.25) is 14.2 Å². The van der Waals surface area contributed by atoms with E-state index in [4.69, 9.17) is 0 Å². The highest BCUT2D eigenvalue weighted by atomic mass is 32.1. The van der Waals surface area contributed by atoms with Crippen LogP contribution in [0, 0.1) is 6.92 Å². The van der Waals surface area contributed by atoms with Gasteiger partial charge in [-0.1, -0.05) is 24.3 Å². The monoisotopic (exact) mass is 341 g/mol. The summed E-state index contributed by atoms with van der Waals surface area (Å²) in [5.41, 5.74) is 2.21. The number of hydrogen-bond donors (Lipinski definition) is 0. The molecule has 6 heteroatoms. The van der Waals surface area contributed by atoms with E-state index < -0.39 is 0 Å². The Hall–Kier alpha value is -2.47. The van der Waals surface area contributed by atoms with Crippen LogP contribution in [0.3, 0.4) is 0 Å². The van der Waals surface area contributed by atoms with Gasteiger partial charge in [0.1, 0.15) is 4.83 Å². The Balaban J connectivity index is 1.65. The van der Waals surface area contributed by atoms with Gasteiger partial charge in [0.15, 0.2) is 0 Å². The van der Waals surface area contributed by atoms with Crippen molar-refractivity contribution in [1.82, 2.24) is 14.5 Å². The Bertz CT molecular complexity index is 929. The third-order valence-electron chi connectivity index (χ3n) is 4.11. The molecule has 2 aromatic heterocycles. The van der Waals surface area contributed by atoms with Crippen LogP contribution in [0.4, 0.5) is 0 Å². The fraction of sp³-hybridized carbons (Fsp3) is 0.278. The van der Waals surface area contributed by atoms with Crippen LogP contribution in [0.15, 0.2) is 46.8 Å². The summed E-state index contributed by atoms with van der Waals surface area (Å²) in [4.78, 5) is 31.4. The molecule has 24 heavy (non-hydrogen) atoms. The third kappa shape index (κ3) is 3.38. The van der Waals surface area contributed by atoms with Crippen molar-refractivity contribution in [2.24, 2.45) is 0 Å². The summed E-state index contributed by atoms with van der Waals surface area (Å²) in [5.74, 6) is 0.00979. The lowest BCUT2D eigenvalue weighted by Gasteiger charge is -2.18. The minimum absolute atomic E-state index is 0.00979. The van der Waals surface area contributed by atoms with Gasteiger partial charge >= 0.3 is 0 Å². The lowest BCUT2D eigenvalue weighted by molar-refractivity contribution is -0.130. The number of hydrogen-bond acceptors (Lipinski definition) is 4. The smallest absolute Gasteiger partial charge is 0.262 e. The van der Waals surface area contributed by atoms with Crippen LogP contribution in [-0.2, 0) is 17.9 Å². The molecule has 0 aliphatic heterocycles. The highest BCUT2D eigenvalue weighted by Gasteiger charge is 2.12. The molecule has 1 aromatic carbocycles. The first-order valence-corrected chi connectivity index (χ1v) is 8.65. The van der Waals surface area contributed by atoms with Gasteiger partial charge in [-0.15, -0.1) is 11.3 Å². The molecule has 0 fully saturated rings. The first-order chi connectivity index (χ1) is 11.6. The topological polar surface area (TPSA) is 55.2 Å². The van der Waals surface area contributed by atoms with E-state index in [1.807, 2.05) is 36.6 Å². The second-order valence-electron chi connectivity index (χ2n) is 5.81. The van der Waals surface area contributed by atoms with Gasteiger partial charge in [-0.2, -0.15) is 0 Å². The fourth-order valence-corrected chi connectivity index (χ4v) is 3.31. The molecular weight excluding hydrogens is 322 g/mol. The number of nitrogens with zero attached hydrogens (tertiary/aromatic N) is 3. The molecule has 0 spiro atoms. The van der Waals surface area contributed by atoms with Crippen molar-refractivity contribution in [2.45, 2.75) is 26.4 Å². The van der Waals surface area contributed by atoms with Gasteiger partial charge in [0, 0.05) is 26.6 Å². The van der Waals surface area contributed by atoms with Crippen molar-refractivity contribution in [3.63, 3.8) is 0 Å². The molecular formula is C18H19N3O2S. The van der Waals surface area contributed by atoms with E-state index in [-0.39, 0.29) is 17.9 Å². The number of fused-ring (bicyclic) bond motifs is 1. The summed E-state index contributed by atoms with van der Waals surface area (Å²) >= 11 is 1.44. The number of aromatic nitrogens is 2. The van der Waals surface area contributed by atoms with E-state index in [2.05, 4.69) is 4.98 Å². The molecule has 0 N–H and O–H groups in total. The van der Waals surface area contributed by atoms with Crippen LogP contribution >= 0.6 is 11.3 Å². The highest BCUT2D eigenvalue weighted by molar-refractivity contribution is 7.16. The van der Waals surface area contributed by atoms with Gasteiger partial charge in [-0.05, 0) is 29.5 Å². The molecule has 0 bridgehead atoms. The Morgan fingerprint density at radius 2 is 2.08 bits per heavy atom. The number of carbonyl (C=O) groups excluding carboxylic acids is 1. The molecule has 0 saturated carbocycles. The van der Waals surface area contributed by atoms with Gasteiger partial charge in [0.05, 0.1) is 11.7 Å². The Kier molecular flexibility index (Phi) is 4.76. The van der Waals surface area contributed by atoms with Gasteiger partial charge < -0.3 is 4.90 Å². The van der Waals surface area contributed by atoms with E-state index >= 15 is 0 Å². The van der Waals surface area contributed by atoms with E-state index in [1.165, 1.54) is 27.8 Å². The zero-order valence-electron chi connectivity index (χ0n) is 13.7. The average molecular weight is 341 g/mol. The first kappa shape index (κ1) is 16.4. The highest BCUT2D eigenvalue weighted by Crippen LogP contribution is 2.14. The Morgan fingerprint density at radius 3 is 2.88 bits per heavy atom. The minimum atomic E-state index is -0.0874. The molecule has 0 unspecified atom stereocenters. The van der Waals surface area contributed by atoms with Crippen LogP contribution in [0.2, 0.25) is 0 Å². The van der Waals surface area contributed by atoms with Crippen molar-refractivity contribution in [3.05, 3.63) is 63.5 Å². The van der Waals surface area contributed by atoms with Crippen molar-refractivity contribution in [1.29, 1.82) is 0 Å². The lowest BCUT2D eigenvalue weighted by atomic mass is 10.1. The van der Waals surface area contributed by atoms with Crippen LogP contribution < -0.4 is 5.56 Å². The molecule has 0 atom stereocenters. The van der Waals surface area contributed by atoms with Crippen LogP contribution in [-0.4, -0.2) is 27.4 Å². The minimum Gasteiger partial charge on any atom is -0.341 e. The molecule has 3 rings (SSSR count). The maximum atomic E-state index is 12.3. The standard InChI is InChI=1S/C18H19N3O2S/c1-13-5-3-4-6-14(13)11-20(2)16(22)7-9-21-12-19-17-15(18(21)23)8-10-24-17/h3-6,8,10,12H,7,9,11H2,1-2H3. The van der Waals surface area contributed by atoms with Gasteiger partial charge in [-0.25, -0.2) is 4.98 Å². The van der Waals surface area contributed by atoms with E-state index in [9.17, 15) is 9.59 Å². The molecule has 1 amide bonds. The van der Waals surface area contributed by atoms with Crippen molar-refractivity contribution in [2.75, 3.05) is 7.05 Å². The maximum Gasteiger partial charge on any atom is 0.262 e. The Labute approximate surface area is 144 Å². The van der Waals surface area contributed by atoms with Gasteiger partial charge in [0.2, 0.25) is 5.91 Å². The predicted molar refractivity (Wildman–Crippen MR) is 96.2 cm³/mol. The van der Waals surface area contributed by atoms with Crippen LogP contribution in [0.25, 0.3) is 10.2 Å². The number of aryl methyl sites for hydroxylation is 2. The molecule has 3 aromatic rings. The predicted octanol–water partition coefficient (Wildman–Crippen LogP) is 2.82. The number of amides is 1. The molecule has 0 radical (unpaired) electrons. The zero-order chi connectivity index (χ0) is 17.1. The first-order valence-electron chi connectivity index (χ1n) is 7.77. The fourth-order valence-electron chi connectivity index (χ4n) is 2.59. The van der Waals surface area contributed by atoms with Crippen molar-refractivity contribution in [3.8, 4) is 0 Å². The molecule has 0 aliphatic carbocycles. The largest absolute Gasteiger partial charge is 0.341 e. The van der Waals surface area contributed by atoms with Crippen LogP contribution in [0.1, 0.15) is 17.5 Å². The summed E-state index contributed by atoms with van der Waals surface area (Å²) in [5, 5.41) is 2.47. The summed E-state index contributed by atoms with van der Waals surface area (Å²) in [6.45, 7) is 2.95. The number of benzene rings is 1. The van der Waals surface area contributed by atoms with Gasteiger partial charge in [0.25, 0.3) is 5.56 Å². The molecule has 5 nitrogen and oxygen atoms in total. The van der Waals surface area contributed by atoms with E-state index in [1.54, 1.807) is 18.0 Å². The number of thiophene rings is 1. The van der Waals surface area contributed by atoms with E-state index in [0.717, 1.165) is 10.4 Å². The summed E-state index contributed by atoms with van der Waals surface area (Å²) in [7, 11) is 1.79. The summed E-state index contributed by atoms with van der Waals surface area (Å²) in [6, 6.07) is 9.80. The third-order valence-corrected chi connectivity index (χ3v) is 4.93. The average Bonchev–Trinajstić information content (AvgIpc) is 3.05. The van der Waals surface area contributed by atoms with Crippen molar-refractivity contribution >= 4 is 27.5 Å². The molecule has 0 saturated heterocycles. The maximum absolute atomic E-state index is 12.3. The quantitative estimate of drug-likeness (QED) is 0.717. The SMILES string of the molecule is Cc1ccccc1CN(C)C(=O)CCn1cnc2sccc2c1=O. The zero-order valence-corrected chi connectivity index (χ0v) is 14.5. The molecule has 2 heterocycles. The second kappa shape index (κ2) is 6.97. The van der Waals surface area contributed by atoms with Crippen molar-refractivity contribution < 1.29 is 4.79 Å². The summed E-state index contributed by atoms with van der Waals surface area (Å²) < 4.78 is 1.51. The molecule has 0 aliphatic rings. The number of carbonyl (C=O) groups is 1. The second-order valence-corrected chi connectivity index (χ2v) is 6.70. The summed E-state index contributed by atoms with van der Waals surface area (Å²) in [6.07, 6.45) is 1.80.